The first-order chi connectivity index (χ1) is 15.0. The van der Waals surface area contributed by atoms with Crippen molar-refractivity contribution in [2.45, 2.75) is 57.0 Å². The Hall–Kier alpha value is -2.33. The third-order valence-electron chi connectivity index (χ3n) is 8.47. The molecule has 31 heavy (non-hydrogen) atoms. The van der Waals surface area contributed by atoms with Gasteiger partial charge in [0.15, 0.2) is 0 Å². The molecule has 0 radical (unpaired) electrons. The van der Waals surface area contributed by atoms with E-state index in [1.165, 1.54) is 41.6 Å². The van der Waals surface area contributed by atoms with Gasteiger partial charge in [-0.25, -0.2) is 0 Å². The van der Waals surface area contributed by atoms with E-state index in [0.29, 0.717) is 30.7 Å². The van der Waals surface area contributed by atoms with Gasteiger partial charge in [-0.2, -0.15) is 0 Å². The predicted octanol–water partition coefficient (Wildman–Crippen LogP) is 4.03. The highest BCUT2D eigenvalue weighted by molar-refractivity contribution is 5.80. The summed E-state index contributed by atoms with van der Waals surface area (Å²) in [5.74, 6) is 1.92. The van der Waals surface area contributed by atoms with Gasteiger partial charge in [-0.05, 0) is 73.9 Å². The number of rotatable bonds is 4. The minimum absolute atomic E-state index is 0.113. The van der Waals surface area contributed by atoms with Gasteiger partial charge in [0.25, 0.3) is 0 Å². The van der Waals surface area contributed by atoms with Crippen LogP contribution in [0.2, 0.25) is 0 Å². The lowest BCUT2D eigenvalue weighted by Crippen LogP contribution is -2.66. The van der Waals surface area contributed by atoms with Crippen molar-refractivity contribution in [1.82, 2.24) is 9.80 Å². The van der Waals surface area contributed by atoms with E-state index in [2.05, 4.69) is 47.1 Å². The Morgan fingerprint density at radius 1 is 1.13 bits per heavy atom. The molecule has 2 aromatic carbocycles. The highest BCUT2D eigenvalue weighted by atomic mass is 16.3. The zero-order valence-corrected chi connectivity index (χ0v) is 18.4. The van der Waals surface area contributed by atoms with E-state index >= 15 is 0 Å². The van der Waals surface area contributed by atoms with Crippen LogP contribution in [0.5, 0.6) is 5.75 Å². The van der Waals surface area contributed by atoms with Gasteiger partial charge in [0.05, 0.1) is 0 Å². The van der Waals surface area contributed by atoms with Gasteiger partial charge in [-0.3, -0.25) is 9.69 Å². The fraction of sp³-hybridized carbons (Fsp3) is 0.519. The Morgan fingerprint density at radius 3 is 2.71 bits per heavy atom. The van der Waals surface area contributed by atoms with Crippen LogP contribution in [0, 0.1) is 18.8 Å². The number of nitrogens with zero attached hydrogens (tertiary/aromatic N) is 2. The maximum Gasteiger partial charge on any atom is 0.223 e. The molecule has 0 spiro atoms. The Labute approximate surface area is 184 Å². The van der Waals surface area contributed by atoms with Crippen LogP contribution in [-0.4, -0.2) is 46.5 Å². The van der Waals surface area contributed by atoms with Gasteiger partial charge in [0.2, 0.25) is 5.91 Å². The van der Waals surface area contributed by atoms with Crippen LogP contribution in [0.3, 0.4) is 0 Å². The molecule has 4 heteroatoms. The van der Waals surface area contributed by atoms with E-state index in [1.54, 1.807) is 0 Å². The molecule has 1 amide bonds. The summed E-state index contributed by atoms with van der Waals surface area (Å²) in [5, 5.41) is 10.3. The SMILES string of the molecule is Cc1ccc(CN2C[C@H]3[C@H]4Cc5ccc(O)cc5[C@@]3(CCN4CC3CC3)CC2=O)cc1. The number of aromatic hydroxyl groups is 1. The molecule has 2 aliphatic carbocycles. The Balaban J connectivity index is 1.35. The lowest BCUT2D eigenvalue weighted by molar-refractivity contribution is -0.145. The molecule has 2 heterocycles. The number of phenols is 1. The summed E-state index contributed by atoms with van der Waals surface area (Å²) in [6.45, 7) is 5.93. The molecule has 4 aliphatic rings. The van der Waals surface area contributed by atoms with Crippen molar-refractivity contribution in [3.63, 3.8) is 0 Å². The largest absolute Gasteiger partial charge is 0.508 e. The summed E-state index contributed by atoms with van der Waals surface area (Å²) in [5.41, 5.74) is 4.95. The number of carbonyl (C=O) groups excluding carboxylic acids is 1. The topological polar surface area (TPSA) is 43.8 Å². The van der Waals surface area contributed by atoms with Crippen molar-refractivity contribution in [3.8, 4) is 5.75 Å². The Bertz CT molecular complexity index is 1010. The van der Waals surface area contributed by atoms with Crippen molar-refractivity contribution < 1.29 is 9.90 Å². The monoisotopic (exact) mass is 416 g/mol. The number of likely N-dealkylation sites (tertiary alicyclic amines) is 2. The molecule has 1 N–H and O–H groups in total. The third-order valence-corrected chi connectivity index (χ3v) is 8.47. The Kier molecular flexibility index (Phi) is 4.43. The first kappa shape index (κ1) is 19.4. The molecule has 3 fully saturated rings. The maximum absolute atomic E-state index is 13.4. The van der Waals surface area contributed by atoms with Gasteiger partial charge in [-0.15, -0.1) is 0 Å². The normalized spacial score (nSPS) is 30.1. The molecular formula is C27H32N2O2. The van der Waals surface area contributed by atoms with Crippen LogP contribution in [0.15, 0.2) is 42.5 Å². The van der Waals surface area contributed by atoms with E-state index in [4.69, 9.17) is 0 Å². The molecule has 2 aromatic rings. The number of phenolic OH excluding ortho intramolecular Hbond substituents is 1. The number of hydrogen-bond acceptors (Lipinski definition) is 3. The zero-order valence-electron chi connectivity index (χ0n) is 18.4. The fourth-order valence-corrected chi connectivity index (χ4v) is 6.61. The van der Waals surface area contributed by atoms with E-state index in [0.717, 1.165) is 31.8 Å². The van der Waals surface area contributed by atoms with E-state index in [9.17, 15) is 9.90 Å². The van der Waals surface area contributed by atoms with E-state index in [1.807, 2.05) is 12.1 Å². The molecule has 4 nitrogen and oxygen atoms in total. The second-order valence-corrected chi connectivity index (χ2v) is 10.5. The molecule has 2 bridgehead atoms. The van der Waals surface area contributed by atoms with Crippen molar-refractivity contribution in [1.29, 1.82) is 0 Å². The number of benzene rings is 2. The van der Waals surface area contributed by atoms with E-state index < -0.39 is 0 Å². The van der Waals surface area contributed by atoms with Gasteiger partial charge in [0.1, 0.15) is 5.75 Å². The number of amides is 1. The van der Waals surface area contributed by atoms with Crippen LogP contribution in [0.4, 0.5) is 0 Å². The standard InChI is InChI=1S/C27H32N2O2/c1-18-2-4-19(5-3-18)16-29-17-24-25-12-21-8-9-22(30)13-23(21)27(24,14-26(29)31)10-11-28(25)15-20-6-7-20/h2-5,8-9,13,20,24-25,30H,6-7,10-12,14-17H2,1H3/t24-,25+,27+/m0/s1. The van der Waals surface area contributed by atoms with Gasteiger partial charge >= 0.3 is 0 Å². The van der Waals surface area contributed by atoms with Crippen LogP contribution < -0.4 is 0 Å². The zero-order chi connectivity index (χ0) is 21.2. The van der Waals surface area contributed by atoms with Crippen molar-refractivity contribution >= 4 is 5.91 Å². The highest BCUT2D eigenvalue weighted by Gasteiger charge is 2.57. The summed E-state index contributed by atoms with van der Waals surface area (Å²) in [7, 11) is 0. The average molecular weight is 417 g/mol. The van der Waals surface area contributed by atoms with Crippen LogP contribution in [0.1, 0.15) is 47.9 Å². The highest BCUT2D eigenvalue weighted by Crippen LogP contribution is 2.54. The summed E-state index contributed by atoms with van der Waals surface area (Å²) in [6, 6.07) is 15.0. The van der Waals surface area contributed by atoms with Crippen LogP contribution >= 0.6 is 0 Å². The van der Waals surface area contributed by atoms with Gasteiger partial charge < -0.3 is 10.0 Å². The number of aryl methyl sites for hydroxylation is 1. The molecule has 3 atom stereocenters. The maximum atomic E-state index is 13.4. The van der Waals surface area contributed by atoms with Crippen LogP contribution in [-0.2, 0) is 23.2 Å². The quantitative estimate of drug-likeness (QED) is 0.819. The molecule has 1 saturated carbocycles. The number of carbonyl (C=O) groups is 1. The van der Waals surface area contributed by atoms with Crippen molar-refractivity contribution in [2.24, 2.45) is 11.8 Å². The Morgan fingerprint density at radius 2 is 1.94 bits per heavy atom. The van der Waals surface area contributed by atoms with Crippen LogP contribution in [0.25, 0.3) is 0 Å². The van der Waals surface area contributed by atoms with Gasteiger partial charge in [-0.1, -0.05) is 35.9 Å². The first-order valence-corrected chi connectivity index (χ1v) is 11.9. The van der Waals surface area contributed by atoms with E-state index in [-0.39, 0.29) is 11.3 Å². The van der Waals surface area contributed by atoms with Crippen molar-refractivity contribution in [3.05, 3.63) is 64.7 Å². The number of hydrogen-bond donors (Lipinski definition) is 1. The first-order valence-electron chi connectivity index (χ1n) is 11.9. The van der Waals surface area contributed by atoms with Gasteiger partial charge in [0, 0.05) is 43.4 Å². The summed E-state index contributed by atoms with van der Waals surface area (Å²) in [6.07, 6.45) is 5.40. The molecule has 2 saturated heterocycles. The average Bonchev–Trinajstić information content (AvgIpc) is 3.57. The smallest absolute Gasteiger partial charge is 0.223 e. The molecular weight excluding hydrogens is 384 g/mol. The minimum atomic E-state index is -0.113. The summed E-state index contributed by atoms with van der Waals surface area (Å²) >= 11 is 0. The molecule has 2 aliphatic heterocycles. The molecule has 6 rings (SSSR count). The summed E-state index contributed by atoms with van der Waals surface area (Å²) < 4.78 is 0. The molecule has 0 unspecified atom stereocenters. The molecule has 162 valence electrons. The molecule has 0 aromatic heterocycles. The lowest BCUT2D eigenvalue weighted by Gasteiger charge is -2.60. The number of fused-ring (bicyclic) bond motifs is 1. The van der Waals surface area contributed by atoms with Crippen molar-refractivity contribution in [2.75, 3.05) is 19.6 Å². The second kappa shape index (κ2) is 7.09. The predicted molar refractivity (Wildman–Crippen MR) is 121 cm³/mol. The lowest BCUT2D eigenvalue weighted by atomic mass is 9.54. The second-order valence-electron chi connectivity index (χ2n) is 10.5. The minimum Gasteiger partial charge on any atom is -0.508 e. The fourth-order valence-electron chi connectivity index (χ4n) is 6.61. The summed E-state index contributed by atoms with van der Waals surface area (Å²) in [4.78, 5) is 18.3. The third kappa shape index (κ3) is 3.27. The number of piperidine rings is 2.